The van der Waals surface area contributed by atoms with Gasteiger partial charge in [0, 0.05) is 93.9 Å². The Morgan fingerprint density at radius 1 is 0.306 bits per heavy atom. The van der Waals surface area contributed by atoms with Crippen molar-refractivity contribution in [2.45, 2.75) is 0 Å². The Balaban J connectivity index is 0.00000348. The number of H-pyrrole nitrogens is 2. The van der Waals surface area contributed by atoms with Crippen LogP contribution in [-0.2, 0) is 20.1 Å². The Morgan fingerprint density at radius 3 is 0.755 bits per heavy atom. The molecule has 0 aliphatic carbocycles. The Labute approximate surface area is 294 Å². The number of pyridine rings is 4. The molecule has 0 amide bonds. The van der Waals surface area contributed by atoms with Gasteiger partial charge in [-0.2, -0.15) is 0 Å². The minimum absolute atomic E-state index is 0. The minimum atomic E-state index is 0. The molecule has 0 saturated carbocycles. The predicted molar refractivity (Wildman–Crippen MR) is 192 cm³/mol. The van der Waals surface area contributed by atoms with Crippen molar-refractivity contribution in [3.05, 3.63) is 145 Å². The van der Waals surface area contributed by atoms with E-state index in [0.717, 1.165) is 89.4 Å². The molecule has 232 valence electrons. The summed E-state index contributed by atoms with van der Waals surface area (Å²) in [6.07, 6.45) is 22.8. The second kappa shape index (κ2) is 12.8. The third kappa shape index (κ3) is 5.51. The van der Waals surface area contributed by atoms with Crippen LogP contribution in [0.15, 0.2) is 122 Å². The molecule has 2 N–H and O–H groups in total. The fourth-order valence-electron chi connectivity index (χ4n) is 6.49. The average Bonchev–Trinajstić information content (AvgIpc) is 3.98. The van der Waals surface area contributed by atoms with Crippen molar-refractivity contribution < 1.29 is 20.1 Å². The molecular weight excluding hydrogens is 785 g/mol. The molecule has 7 aromatic heterocycles. The molecular formula is C40H26IrN8+3. The normalized spacial score (nSPS) is 11.8. The van der Waals surface area contributed by atoms with Crippen LogP contribution in [0, 0.1) is 0 Å². The summed E-state index contributed by atoms with van der Waals surface area (Å²) in [6, 6.07) is 24.6. The molecule has 0 unspecified atom stereocenters. The second-order valence-electron chi connectivity index (χ2n) is 11.4. The molecule has 7 aromatic rings. The first kappa shape index (κ1) is 30.2. The maximum Gasteiger partial charge on any atom is 3.00 e. The standard InChI is InChI=1S/C40H26N8.Ir/c1-2-30-38(26-11-19-42-20-12-26)32-5-6-34(47-32)40(28-15-23-44-24-16-28)36-8-7-35(48-36)39(27-13-21-43-22-14-27)33-4-3-31(46-33)37(29(1)45-30)25-9-17-41-18-10-25;/h1-24,45,48H;/q;+3. The summed E-state index contributed by atoms with van der Waals surface area (Å²) in [7, 11) is 0. The van der Waals surface area contributed by atoms with Crippen molar-refractivity contribution in [2.24, 2.45) is 0 Å². The molecule has 0 aromatic carbocycles. The first-order chi connectivity index (χ1) is 23.8. The molecule has 0 saturated heterocycles. The van der Waals surface area contributed by atoms with E-state index in [1.54, 1.807) is 0 Å². The maximum absolute atomic E-state index is 5.29. The quantitative estimate of drug-likeness (QED) is 0.184. The Kier molecular flexibility index (Phi) is 7.89. The van der Waals surface area contributed by atoms with E-state index in [2.05, 4.69) is 78.5 Å². The number of hydrogen-bond donors (Lipinski definition) is 2. The van der Waals surface area contributed by atoms with Gasteiger partial charge in [-0.25, -0.2) is 9.97 Å². The van der Waals surface area contributed by atoms with Gasteiger partial charge in [-0.1, -0.05) is 0 Å². The molecule has 0 spiro atoms. The summed E-state index contributed by atoms with van der Waals surface area (Å²) in [6.45, 7) is 0. The fourth-order valence-corrected chi connectivity index (χ4v) is 6.49. The first-order valence-corrected chi connectivity index (χ1v) is 15.6. The van der Waals surface area contributed by atoms with Crippen molar-refractivity contribution in [1.82, 2.24) is 39.9 Å². The number of aromatic amines is 2. The number of fused-ring (bicyclic) bond motifs is 8. The van der Waals surface area contributed by atoms with Gasteiger partial charge in [-0.15, -0.1) is 0 Å². The molecule has 9 heteroatoms. The monoisotopic (exact) mass is 811 g/mol. The largest absolute Gasteiger partial charge is 3.00 e. The molecule has 0 radical (unpaired) electrons. The van der Waals surface area contributed by atoms with Crippen LogP contribution in [0.25, 0.3) is 90.9 Å². The number of nitrogens with zero attached hydrogens (tertiary/aromatic N) is 6. The van der Waals surface area contributed by atoms with Gasteiger partial charge in [-0.05, 0) is 119 Å². The van der Waals surface area contributed by atoms with Crippen LogP contribution in [0.1, 0.15) is 22.8 Å². The van der Waals surface area contributed by atoms with E-state index in [1.165, 1.54) is 0 Å². The Bertz CT molecular complexity index is 2190. The SMILES string of the molecule is C1=Cc2nc1c(-c1ccncc1)c1ccc([nH]1)c(-c1ccncc1)c1nc(c(-c3ccncc3)c3ccc([nH]3)c2-c2ccncc2)C=C1.[Ir+3]. The van der Waals surface area contributed by atoms with Crippen LogP contribution >= 0.6 is 0 Å². The molecule has 9 heterocycles. The number of nitrogens with one attached hydrogen (secondary N) is 2. The van der Waals surface area contributed by atoms with E-state index in [-0.39, 0.29) is 20.1 Å². The van der Waals surface area contributed by atoms with Crippen LogP contribution in [0.2, 0.25) is 0 Å². The molecule has 0 fully saturated rings. The average molecular weight is 811 g/mol. The summed E-state index contributed by atoms with van der Waals surface area (Å²) in [5.74, 6) is 0. The van der Waals surface area contributed by atoms with E-state index in [4.69, 9.17) is 9.97 Å². The van der Waals surface area contributed by atoms with E-state index < -0.39 is 0 Å². The van der Waals surface area contributed by atoms with Gasteiger partial charge in [0.1, 0.15) is 0 Å². The second-order valence-corrected chi connectivity index (χ2v) is 11.4. The number of aromatic nitrogens is 8. The zero-order valence-corrected chi connectivity index (χ0v) is 28.3. The molecule has 49 heavy (non-hydrogen) atoms. The van der Waals surface area contributed by atoms with Gasteiger partial charge >= 0.3 is 20.1 Å². The summed E-state index contributed by atoms with van der Waals surface area (Å²) >= 11 is 0. The van der Waals surface area contributed by atoms with Gasteiger partial charge in [0.25, 0.3) is 0 Å². The third-order valence-corrected chi connectivity index (χ3v) is 8.63. The Morgan fingerprint density at radius 2 is 0.531 bits per heavy atom. The maximum atomic E-state index is 5.29. The zero-order chi connectivity index (χ0) is 31.9. The zero-order valence-electron chi connectivity index (χ0n) is 25.9. The predicted octanol–water partition coefficient (Wildman–Crippen LogP) is 8.90. The van der Waals surface area contributed by atoms with Crippen LogP contribution in [0.5, 0.6) is 0 Å². The van der Waals surface area contributed by atoms with Gasteiger partial charge in [0.2, 0.25) is 0 Å². The van der Waals surface area contributed by atoms with E-state index in [1.807, 2.05) is 98.1 Å². The van der Waals surface area contributed by atoms with Crippen molar-refractivity contribution in [3.63, 3.8) is 0 Å². The molecule has 8 nitrogen and oxygen atoms in total. The van der Waals surface area contributed by atoms with Crippen LogP contribution in [0.3, 0.4) is 0 Å². The summed E-state index contributed by atoms with van der Waals surface area (Å²) in [5, 5.41) is 0. The summed E-state index contributed by atoms with van der Waals surface area (Å²) in [5.41, 5.74) is 15.0. The molecule has 9 rings (SSSR count). The molecule has 8 bridgehead atoms. The van der Waals surface area contributed by atoms with Crippen molar-refractivity contribution >= 4 is 46.4 Å². The summed E-state index contributed by atoms with van der Waals surface area (Å²) < 4.78 is 0. The summed E-state index contributed by atoms with van der Waals surface area (Å²) in [4.78, 5) is 35.2. The third-order valence-electron chi connectivity index (χ3n) is 8.63. The fraction of sp³-hybridized carbons (Fsp3) is 0. The Hall–Kier alpha value is -6.15. The van der Waals surface area contributed by atoms with Crippen molar-refractivity contribution in [3.8, 4) is 44.5 Å². The smallest absolute Gasteiger partial charge is 0.354 e. The van der Waals surface area contributed by atoms with Crippen LogP contribution in [0.4, 0.5) is 0 Å². The molecule has 2 aliphatic rings. The molecule has 2 aliphatic heterocycles. The van der Waals surface area contributed by atoms with Crippen molar-refractivity contribution in [2.75, 3.05) is 0 Å². The van der Waals surface area contributed by atoms with Gasteiger partial charge in [0.15, 0.2) is 0 Å². The van der Waals surface area contributed by atoms with E-state index >= 15 is 0 Å². The van der Waals surface area contributed by atoms with Gasteiger partial charge < -0.3 is 9.97 Å². The van der Waals surface area contributed by atoms with Gasteiger partial charge in [0.05, 0.1) is 22.8 Å². The van der Waals surface area contributed by atoms with E-state index in [9.17, 15) is 0 Å². The van der Waals surface area contributed by atoms with Crippen LogP contribution < -0.4 is 0 Å². The first-order valence-electron chi connectivity index (χ1n) is 15.6. The van der Waals surface area contributed by atoms with Crippen molar-refractivity contribution in [1.29, 1.82) is 0 Å². The molecule has 0 atom stereocenters. The van der Waals surface area contributed by atoms with Gasteiger partial charge in [-0.3, -0.25) is 19.9 Å². The number of rotatable bonds is 4. The topological polar surface area (TPSA) is 109 Å². The van der Waals surface area contributed by atoms with E-state index in [0.29, 0.717) is 0 Å². The minimum Gasteiger partial charge on any atom is -0.354 e. The van der Waals surface area contributed by atoms with Crippen LogP contribution in [-0.4, -0.2) is 39.9 Å². The number of hydrogen-bond acceptors (Lipinski definition) is 6.